The van der Waals surface area contributed by atoms with Crippen molar-refractivity contribution in [2.45, 2.75) is 32.0 Å². The van der Waals surface area contributed by atoms with Gasteiger partial charge in [0.1, 0.15) is 0 Å². The Kier molecular flexibility index (Phi) is 3.59. The Bertz CT molecular complexity index is 336. The van der Waals surface area contributed by atoms with Gasteiger partial charge in [0.2, 0.25) is 0 Å². The SMILES string of the molecule is Cc1ccc([C@@H](C)NC2COCC2O)cc1. The van der Waals surface area contributed by atoms with E-state index in [2.05, 4.69) is 43.4 Å². The highest BCUT2D eigenvalue weighted by Crippen LogP contribution is 2.16. The van der Waals surface area contributed by atoms with Crippen LogP contribution in [0.4, 0.5) is 0 Å². The van der Waals surface area contributed by atoms with Crippen LogP contribution in [0.1, 0.15) is 24.1 Å². The molecule has 1 aromatic carbocycles. The highest BCUT2D eigenvalue weighted by atomic mass is 16.5. The van der Waals surface area contributed by atoms with Gasteiger partial charge in [-0.15, -0.1) is 0 Å². The lowest BCUT2D eigenvalue weighted by Gasteiger charge is -2.21. The van der Waals surface area contributed by atoms with E-state index in [0.717, 1.165) is 0 Å². The summed E-state index contributed by atoms with van der Waals surface area (Å²) in [6, 6.07) is 8.74. The number of rotatable bonds is 3. The van der Waals surface area contributed by atoms with E-state index in [0.29, 0.717) is 13.2 Å². The van der Waals surface area contributed by atoms with Gasteiger partial charge in [0.25, 0.3) is 0 Å². The average Bonchev–Trinajstić information content (AvgIpc) is 2.65. The molecule has 88 valence electrons. The van der Waals surface area contributed by atoms with Gasteiger partial charge in [0.05, 0.1) is 25.4 Å². The number of aliphatic hydroxyl groups excluding tert-OH is 1. The molecule has 0 aromatic heterocycles. The van der Waals surface area contributed by atoms with Crippen molar-refractivity contribution in [2.24, 2.45) is 0 Å². The number of hydrogen-bond acceptors (Lipinski definition) is 3. The van der Waals surface area contributed by atoms with Gasteiger partial charge in [-0.1, -0.05) is 29.8 Å². The summed E-state index contributed by atoms with van der Waals surface area (Å²) >= 11 is 0. The Morgan fingerprint density at radius 1 is 1.31 bits per heavy atom. The van der Waals surface area contributed by atoms with E-state index in [9.17, 15) is 5.11 Å². The minimum absolute atomic E-state index is 0.0521. The van der Waals surface area contributed by atoms with E-state index in [1.807, 2.05) is 0 Å². The summed E-state index contributed by atoms with van der Waals surface area (Å²) in [5.74, 6) is 0. The maximum atomic E-state index is 9.64. The quantitative estimate of drug-likeness (QED) is 0.810. The van der Waals surface area contributed by atoms with E-state index in [4.69, 9.17) is 4.74 Å². The summed E-state index contributed by atoms with van der Waals surface area (Å²) in [4.78, 5) is 0. The Labute approximate surface area is 96.4 Å². The van der Waals surface area contributed by atoms with Crippen LogP contribution in [0.3, 0.4) is 0 Å². The van der Waals surface area contributed by atoms with Crippen molar-refractivity contribution in [2.75, 3.05) is 13.2 Å². The number of nitrogens with one attached hydrogen (secondary N) is 1. The lowest BCUT2D eigenvalue weighted by atomic mass is 10.1. The molecule has 1 fully saturated rings. The van der Waals surface area contributed by atoms with Crippen LogP contribution in [0.15, 0.2) is 24.3 Å². The van der Waals surface area contributed by atoms with Gasteiger partial charge in [0.15, 0.2) is 0 Å². The average molecular weight is 221 g/mol. The highest BCUT2D eigenvalue weighted by Gasteiger charge is 2.27. The van der Waals surface area contributed by atoms with Crippen molar-refractivity contribution in [3.05, 3.63) is 35.4 Å². The maximum absolute atomic E-state index is 9.64. The fourth-order valence-electron chi connectivity index (χ4n) is 1.97. The summed E-state index contributed by atoms with van der Waals surface area (Å²) in [7, 11) is 0. The zero-order valence-corrected chi connectivity index (χ0v) is 9.81. The van der Waals surface area contributed by atoms with Crippen LogP contribution in [0.25, 0.3) is 0 Å². The van der Waals surface area contributed by atoms with Crippen LogP contribution < -0.4 is 5.32 Å². The summed E-state index contributed by atoms with van der Waals surface area (Å²) in [5, 5.41) is 13.0. The molecule has 0 spiro atoms. The third kappa shape index (κ3) is 2.61. The van der Waals surface area contributed by atoms with Gasteiger partial charge >= 0.3 is 0 Å². The third-order valence-electron chi connectivity index (χ3n) is 3.09. The van der Waals surface area contributed by atoms with Gasteiger partial charge in [-0.25, -0.2) is 0 Å². The Hall–Kier alpha value is -0.900. The van der Waals surface area contributed by atoms with Gasteiger partial charge in [-0.2, -0.15) is 0 Å². The normalized spacial score (nSPS) is 26.9. The van der Waals surface area contributed by atoms with Crippen molar-refractivity contribution in [3.8, 4) is 0 Å². The van der Waals surface area contributed by atoms with Gasteiger partial charge < -0.3 is 15.2 Å². The summed E-state index contributed by atoms with van der Waals surface area (Å²) in [6.45, 7) is 5.22. The second-order valence-corrected chi connectivity index (χ2v) is 4.51. The molecule has 3 heteroatoms. The topological polar surface area (TPSA) is 41.5 Å². The molecule has 1 aliphatic rings. The lowest BCUT2D eigenvalue weighted by molar-refractivity contribution is 0.121. The number of benzene rings is 1. The Morgan fingerprint density at radius 3 is 2.56 bits per heavy atom. The largest absolute Gasteiger partial charge is 0.389 e. The molecule has 1 aliphatic heterocycles. The Morgan fingerprint density at radius 2 is 2.00 bits per heavy atom. The van der Waals surface area contributed by atoms with Crippen molar-refractivity contribution in [1.29, 1.82) is 0 Å². The molecule has 3 atom stereocenters. The standard InChI is InChI=1S/C13H19NO2/c1-9-3-5-11(6-4-9)10(2)14-12-7-16-8-13(12)15/h3-6,10,12-15H,7-8H2,1-2H3/t10-,12?,13?/m1/s1. The number of hydrogen-bond donors (Lipinski definition) is 2. The zero-order chi connectivity index (χ0) is 11.5. The minimum Gasteiger partial charge on any atom is -0.389 e. The number of aryl methyl sites for hydroxylation is 1. The molecule has 1 aromatic rings. The molecule has 2 unspecified atom stereocenters. The van der Waals surface area contributed by atoms with Crippen molar-refractivity contribution >= 4 is 0 Å². The zero-order valence-electron chi connectivity index (χ0n) is 9.81. The molecule has 1 saturated heterocycles. The van der Waals surface area contributed by atoms with Gasteiger partial charge in [-0.3, -0.25) is 0 Å². The first-order valence-electron chi connectivity index (χ1n) is 5.75. The molecule has 0 radical (unpaired) electrons. The molecule has 16 heavy (non-hydrogen) atoms. The molecule has 1 heterocycles. The molecule has 0 bridgehead atoms. The van der Waals surface area contributed by atoms with Crippen molar-refractivity contribution in [3.63, 3.8) is 0 Å². The maximum Gasteiger partial charge on any atom is 0.0948 e. The first-order valence-corrected chi connectivity index (χ1v) is 5.75. The first kappa shape index (κ1) is 11.6. The van der Waals surface area contributed by atoms with Gasteiger partial charge in [-0.05, 0) is 19.4 Å². The molecular weight excluding hydrogens is 202 g/mol. The fraction of sp³-hybridized carbons (Fsp3) is 0.538. The van der Waals surface area contributed by atoms with Crippen LogP contribution in [0.2, 0.25) is 0 Å². The molecule has 3 nitrogen and oxygen atoms in total. The Balaban J connectivity index is 1.97. The van der Waals surface area contributed by atoms with Crippen molar-refractivity contribution in [1.82, 2.24) is 5.32 Å². The van der Waals surface area contributed by atoms with Crippen LogP contribution in [-0.4, -0.2) is 30.5 Å². The fourth-order valence-corrected chi connectivity index (χ4v) is 1.97. The van der Waals surface area contributed by atoms with Gasteiger partial charge in [0, 0.05) is 6.04 Å². The van der Waals surface area contributed by atoms with E-state index < -0.39 is 0 Å². The van der Waals surface area contributed by atoms with E-state index in [-0.39, 0.29) is 18.2 Å². The van der Waals surface area contributed by atoms with Crippen LogP contribution in [0.5, 0.6) is 0 Å². The molecule has 0 aliphatic carbocycles. The van der Waals surface area contributed by atoms with Crippen LogP contribution >= 0.6 is 0 Å². The van der Waals surface area contributed by atoms with Crippen LogP contribution in [0, 0.1) is 6.92 Å². The van der Waals surface area contributed by atoms with E-state index in [1.165, 1.54) is 11.1 Å². The molecule has 2 N–H and O–H groups in total. The molecular formula is C13H19NO2. The molecule has 2 rings (SSSR count). The smallest absolute Gasteiger partial charge is 0.0948 e. The monoisotopic (exact) mass is 221 g/mol. The summed E-state index contributed by atoms with van der Waals surface area (Å²) in [6.07, 6.45) is -0.382. The molecule has 0 saturated carbocycles. The lowest BCUT2D eigenvalue weighted by Crippen LogP contribution is -2.40. The second kappa shape index (κ2) is 4.95. The summed E-state index contributed by atoms with van der Waals surface area (Å²) in [5.41, 5.74) is 2.50. The number of ether oxygens (including phenoxy) is 1. The third-order valence-corrected chi connectivity index (χ3v) is 3.09. The molecule has 0 amide bonds. The minimum atomic E-state index is -0.382. The number of aliphatic hydroxyl groups is 1. The second-order valence-electron chi connectivity index (χ2n) is 4.51. The van der Waals surface area contributed by atoms with Crippen LogP contribution in [-0.2, 0) is 4.74 Å². The highest BCUT2D eigenvalue weighted by molar-refractivity contribution is 5.23. The predicted octanol–water partition coefficient (Wildman–Crippen LogP) is 1.41. The first-order chi connectivity index (χ1) is 7.66. The van der Waals surface area contributed by atoms with E-state index >= 15 is 0 Å². The van der Waals surface area contributed by atoms with Crippen molar-refractivity contribution < 1.29 is 9.84 Å². The van der Waals surface area contributed by atoms with E-state index in [1.54, 1.807) is 0 Å². The summed E-state index contributed by atoms with van der Waals surface area (Å²) < 4.78 is 5.21. The predicted molar refractivity (Wildman–Crippen MR) is 63.3 cm³/mol.